The van der Waals surface area contributed by atoms with E-state index in [2.05, 4.69) is 5.32 Å². The van der Waals surface area contributed by atoms with Crippen molar-refractivity contribution in [3.05, 3.63) is 71.8 Å². The summed E-state index contributed by atoms with van der Waals surface area (Å²) in [6.07, 6.45) is 0. The van der Waals surface area contributed by atoms with E-state index < -0.39 is 0 Å². The highest BCUT2D eigenvalue weighted by Gasteiger charge is 2.28. The zero-order valence-electron chi connectivity index (χ0n) is 12.8. The first-order valence-corrected chi connectivity index (χ1v) is 7.72. The Morgan fingerprint density at radius 3 is 1.48 bits per heavy atom. The highest BCUT2D eigenvalue weighted by atomic mass is 16.2. The Morgan fingerprint density at radius 1 is 0.696 bits per heavy atom. The van der Waals surface area contributed by atoms with Crippen molar-refractivity contribution in [3.63, 3.8) is 0 Å². The Hall–Kier alpha value is -2.66. The lowest BCUT2D eigenvalue weighted by Gasteiger charge is -2.33. The van der Waals surface area contributed by atoms with E-state index in [1.54, 1.807) is 34.3 Å². The van der Waals surface area contributed by atoms with Crippen LogP contribution in [0.15, 0.2) is 60.7 Å². The molecule has 0 unspecified atom stereocenters. The number of nitrogens with zero attached hydrogens (tertiary/aromatic N) is 2. The van der Waals surface area contributed by atoms with Gasteiger partial charge in [0.2, 0.25) is 0 Å². The maximum atomic E-state index is 12.8. The van der Waals surface area contributed by atoms with Gasteiger partial charge in [0.15, 0.2) is 0 Å². The number of carbonyl (C=O) groups excluding carboxylic acids is 2. The fraction of sp³-hybridized carbons (Fsp3) is 0.222. The number of nitrogens with one attached hydrogen (secondary N) is 1. The molecule has 1 aliphatic heterocycles. The largest absolute Gasteiger partial charge is 0.313 e. The smallest absolute Gasteiger partial charge is 0.272 e. The molecule has 5 heteroatoms. The highest BCUT2D eigenvalue weighted by Crippen LogP contribution is 2.13. The third-order valence-electron chi connectivity index (χ3n) is 3.80. The van der Waals surface area contributed by atoms with Crippen LogP contribution in [0.5, 0.6) is 0 Å². The first-order chi connectivity index (χ1) is 11.3. The van der Waals surface area contributed by atoms with Crippen LogP contribution in [-0.4, -0.2) is 48.0 Å². The Labute approximate surface area is 135 Å². The summed E-state index contributed by atoms with van der Waals surface area (Å²) in [6.45, 7) is 2.26. The Bertz CT molecular complexity index is 614. The number of benzene rings is 2. The van der Waals surface area contributed by atoms with Gasteiger partial charge in [-0.25, -0.2) is 10.0 Å². The van der Waals surface area contributed by atoms with Gasteiger partial charge < -0.3 is 5.32 Å². The SMILES string of the molecule is O=C(c1ccccc1)N1CCNCCN1C(=O)c1ccccc1. The predicted molar refractivity (Wildman–Crippen MR) is 87.8 cm³/mol. The molecule has 2 aromatic rings. The van der Waals surface area contributed by atoms with E-state index >= 15 is 0 Å². The molecular formula is C18H19N3O2. The van der Waals surface area contributed by atoms with Crippen LogP contribution < -0.4 is 5.32 Å². The van der Waals surface area contributed by atoms with Crippen LogP contribution in [0.3, 0.4) is 0 Å². The van der Waals surface area contributed by atoms with Gasteiger partial charge in [0.05, 0.1) is 13.1 Å². The standard InChI is InChI=1S/C18H19N3O2/c22-17(15-7-3-1-4-8-15)20-13-11-19-12-14-21(20)18(23)16-9-5-2-6-10-16/h1-10,19H,11-14H2. The summed E-state index contributed by atoms with van der Waals surface area (Å²) in [4.78, 5) is 25.6. The van der Waals surface area contributed by atoms with Crippen molar-refractivity contribution in [1.82, 2.24) is 15.3 Å². The lowest BCUT2D eigenvalue weighted by molar-refractivity contribution is 0.00286. The second kappa shape index (κ2) is 7.07. The summed E-state index contributed by atoms with van der Waals surface area (Å²) < 4.78 is 0. The van der Waals surface area contributed by atoms with E-state index in [0.717, 1.165) is 0 Å². The molecular weight excluding hydrogens is 290 g/mol. The van der Waals surface area contributed by atoms with E-state index in [9.17, 15) is 9.59 Å². The Morgan fingerprint density at radius 2 is 1.09 bits per heavy atom. The minimum Gasteiger partial charge on any atom is -0.313 e. The number of carbonyl (C=O) groups is 2. The number of hydrogen-bond acceptors (Lipinski definition) is 3. The Balaban J connectivity index is 1.89. The lowest BCUT2D eigenvalue weighted by atomic mass is 10.2. The molecule has 23 heavy (non-hydrogen) atoms. The number of hydrazine groups is 1. The van der Waals surface area contributed by atoms with Gasteiger partial charge in [-0.1, -0.05) is 36.4 Å². The van der Waals surface area contributed by atoms with Gasteiger partial charge in [0, 0.05) is 24.2 Å². The molecule has 0 spiro atoms. The summed E-state index contributed by atoms with van der Waals surface area (Å²) in [5.41, 5.74) is 1.17. The third kappa shape index (κ3) is 3.40. The summed E-state index contributed by atoms with van der Waals surface area (Å²) >= 11 is 0. The number of hydrogen-bond donors (Lipinski definition) is 1. The molecule has 0 aromatic heterocycles. The van der Waals surface area contributed by atoms with Gasteiger partial charge >= 0.3 is 0 Å². The summed E-state index contributed by atoms with van der Waals surface area (Å²) in [7, 11) is 0. The van der Waals surface area contributed by atoms with Gasteiger partial charge in [0.25, 0.3) is 11.8 Å². The van der Waals surface area contributed by atoms with Crippen molar-refractivity contribution in [1.29, 1.82) is 0 Å². The van der Waals surface area contributed by atoms with E-state index in [1.807, 2.05) is 36.4 Å². The zero-order valence-corrected chi connectivity index (χ0v) is 12.8. The molecule has 5 nitrogen and oxygen atoms in total. The molecule has 0 saturated carbocycles. The normalized spacial score (nSPS) is 15.1. The molecule has 0 atom stereocenters. The number of rotatable bonds is 2. The second-order valence-corrected chi connectivity index (χ2v) is 5.34. The first-order valence-electron chi connectivity index (χ1n) is 7.72. The average molecular weight is 309 g/mol. The van der Waals surface area contributed by atoms with Crippen molar-refractivity contribution < 1.29 is 9.59 Å². The molecule has 1 fully saturated rings. The van der Waals surface area contributed by atoms with Gasteiger partial charge in [-0.15, -0.1) is 0 Å². The Kier molecular flexibility index (Phi) is 4.68. The monoisotopic (exact) mass is 309 g/mol. The zero-order chi connectivity index (χ0) is 16.1. The van der Waals surface area contributed by atoms with Gasteiger partial charge in [0.1, 0.15) is 0 Å². The molecule has 2 aromatic carbocycles. The van der Waals surface area contributed by atoms with Crippen LogP contribution >= 0.6 is 0 Å². The van der Waals surface area contributed by atoms with E-state index in [-0.39, 0.29) is 11.8 Å². The van der Waals surface area contributed by atoms with Crippen LogP contribution in [0.2, 0.25) is 0 Å². The third-order valence-corrected chi connectivity index (χ3v) is 3.80. The quantitative estimate of drug-likeness (QED) is 0.920. The van der Waals surface area contributed by atoms with Crippen LogP contribution in [0.4, 0.5) is 0 Å². The van der Waals surface area contributed by atoms with E-state index in [1.165, 1.54) is 0 Å². The van der Waals surface area contributed by atoms with Crippen molar-refractivity contribution in [2.45, 2.75) is 0 Å². The average Bonchev–Trinajstić information content (AvgIpc) is 2.88. The van der Waals surface area contributed by atoms with E-state index in [4.69, 9.17) is 0 Å². The molecule has 0 aliphatic carbocycles. The van der Waals surface area contributed by atoms with Crippen LogP contribution in [0.1, 0.15) is 20.7 Å². The molecule has 2 amide bonds. The summed E-state index contributed by atoms with van der Waals surface area (Å²) in [5, 5.41) is 6.32. The van der Waals surface area contributed by atoms with Crippen molar-refractivity contribution >= 4 is 11.8 Å². The topological polar surface area (TPSA) is 52.7 Å². The molecule has 1 heterocycles. The van der Waals surface area contributed by atoms with Crippen LogP contribution in [-0.2, 0) is 0 Å². The van der Waals surface area contributed by atoms with Crippen molar-refractivity contribution in [3.8, 4) is 0 Å². The maximum absolute atomic E-state index is 12.8. The molecule has 3 rings (SSSR count). The predicted octanol–water partition coefficient (Wildman–Crippen LogP) is 1.79. The van der Waals surface area contributed by atoms with Crippen molar-refractivity contribution in [2.24, 2.45) is 0 Å². The minimum absolute atomic E-state index is 0.154. The lowest BCUT2D eigenvalue weighted by Crippen LogP contribution is -2.50. The first kappa shape index (κ1) is 15.2. The summed E-state index contributed by atoms with van der Waals surface area (Å²) in [6, 6.07) is 18.1. The highest BCUT2D eigenvalue weighted by molar-refractivity contribution is 5.99. The van der Waals surface area contributed by atoms with Crippen LogP contribution in [0, 0.1) is 0 Å². The fourth-order valence-electron chi connectivity index (χ4n) is 2.62. The van der Waals surface area contributed by atoms with Crippen LogP contribution in [0.25, 0.3) is 0 Å². The van der Waals surface area contributed by atoms with Gasteiger partial charge in [-0.3, -0.25) is 9.59 Å². The minimum atomic E-state index is -0.154. The van der Waals surface area contributed by atoms with Gasteiger partial charge in [-0.2, -0.15) is 0 Å². The molecule has 1 aliphatic rings. The molecule has 0 bridgehead atoms. The molecule has 0 radical (unpaired) electrons. The maximum Gasteiger partial charge on any atom is 0.272 e. The number of amides is 2. The molecule has 118 valence electrons. The van der Waals surface area contributed by atoms with Gasteiger partial charge in [-0.05, 0) is 24.3 Å². The van der Waals surface area contributed by atoms with Crippen molar-refractivity contribution in [2.75, 3.05) is 26.2 Å². The van der Waals surface area contributed by atoms with E-state index in [0.29, 0.717) is 37.3 Å². The summed E-state index contributed by atoms with van der Waals surface area (Å²) in [5.74, 6) is -0.308. The second-order valence-electron chi connectivity index (χ2n) is 5.34. The molecule has 1 N–H and O–H groups in total. The fourth-order valence-corrected chi connectivity index (χ4v) is 2.62. The molecule has 1 saturated heterocycles.